The molecule has 0 unspecified atom stereocenters. The third-order valence-electron chi connectivity index (χ3n) is 12.4. The summed E-state index contributed by atoms with van der Waals surface area (Å²) >= 11 is 3.80. The molecule has 0 bridgehead atoms. The molecule has 58 heavy (non-hydrogen) atoms. The van der Waals surface area contributed by atoms with Crippen molar-refractivity contribution in [3.05, 3.63) is 187 Å². The van der Waals surface area contributed by atoms with E-state index in [0.29, 0.717) is 0 Å². The van der Waals surface area contributed by atoms with Crippen LogP contribution in [0.5, 0.6) is 0 Å². The number of hydrogen-bond acceptors (Lipinski definition) is 2. The minimum absolute atomic E-state index is 0.992. The first-order valence-corrected chi connectivity index (χ1v) is 21.7. The zero-order valence-corrected chi connectivity index (χ0v) is 33.1. The van der Waals surface area contributed by atoms with Crippen LogP contribution < -0.4 is 0 Å². The van der Waals surface area contributed by atoms with Gasteiger partial charge in [0.25, 0.3) is 0 Å². The van der Waals surface area contributed by atoms with E-state index in [4.69, 9.17) is 0 Å². The molecule has 4 heterocycles. The lowest BCUT2D eigenvalue weighted by Crippen LogP contribution is -2.03. The number of hydrogen-bond donors (Lipinski definition) is 0. The van der Waals surface area contributed by atoms with Gasteiger partial charge in [0.1, 0.15) is 0 Å². The molecule has 0 aliphatic heterocycles. The fourth-order valence-electron chi connectivity index (χ4n) is 9.84. The Hall–Kier alpha value is -6.72. The van der Waals surface area contributed by atoms with Gasteiger partial charge in [-0.25, -0.2) is 0 Å². The van der Waals surface area contributed by atoms with E-state index in [1.165, 1.54) is 118 Å². The molecule has 4 heteroatoms. The summed E-state index contributed by atoms with van der Waals surface area (Å²) in [6.07, 6.45) is 6.77. The number of benzene rings is 8. The van der Waals surface area contributed by atoms with E-state index in [1.54, 1.807) is 0 Å². The van der Waals surface area contributed by atoms with Gasteiger partial charge < -0.3 is 9.13 Å². The Labute approximate surface area is 342 Å². The molecule has 2 nitrogen and oxygen atoms in total. The summed E-state index contributed by atoms with van der Waals surface area (Å²) in [4.78, 5) is 0. The maximum Gasteiger partial charge on any atom is 0.0547 e. The van der Waals surface area contributed by atoms with Crippen molar-refractivity contribution in [2.75, 3.05) is 0 Å². The summed E-state index contributed by atoms with van der Waals surface area (Å²) in [6, 6.07) is 63.4. The fraction of sp³-hybridized carbons (Fsp3) is 0.0370. The van der Waals surface area contributed by atoms with Crippen molar-refractivity contribution in [1.82, 2.24) is 9.13 Å². The monoisotopic (exact) mass is 774 g/mol. The number of allylic oxidation sites excluding steroid dienone is 1. The van der Waals surface area contributed by atoms with E-state index in [2.05, 4.69) is 191 Å². The average Bonchev–Trinajstić information content (AvgIpc) is 4.03. The molecule has 12 aromatic rings. The van der Waals surface area contributed by atoms with Crippen molar-refractivity contribution in [2.24, 2.45) is 0 Å². The lowest BCUT2D eigenvalue weighted by atomic mass is 9.95. The average molecular weight is 775 g/mol. The highest BCUT2D eigenvalue weighted by Gasteiger charge is 2.24. The van der Waals surface area contributed by atoms with E-state index in [-0.39, 0.29) is 0 Å². The number of nitrogens with zero attached hydrogens (tertiary/aromatic N) is 2. The third kappa shape index (κ3) is 4.64. The first-order valence-electron chi connectivity index (χ1n) is 20.1. The van der Waals surface area contributed by atoms with Crippen LogP contribution in [0.15, 0.2) is 176 Å². The van der Waals surface area contributed by atoms with Crippen LogP contribution in [0.1, 0.15) is 17.7 Å². The smallest absolute Gasteiger partial charge is 0.0547 e. The molecule has 0 N–H and O–H groups in total. The summed E-state index contributed by atoms with van der Waals surface area (Å²) < 4.78 is 10.4. The molecular formula is C54H34N2S2. The van der Waals surface area contributed by atoms with Crippen LogP contribution in [0, 0.1) is 0 Å². The normalized spacial score (nSPS) is 13.0. The second-order valence-corrected chi connectivity index (χ2v) is 17.7. The van der Waals surface area contributed by atoms with Crippen LogP contribution in [0.25, 0.3) is 113 Å². The van der Waals surface area contributed by atoms with Gasteiger partial charge in [-0.3, -0.25) is 0 Å². The minimum Gasteiger partial charge on any atom is -0.313 e. The van der Waals surface area contributed by atoms with Gasteiger partial charge in [-0.15, -0.1) is 22.7 Å². The van der Waals surface area contributed by atoms with E-state index in [0.717, 1.165) is 12.8 Å². The highest BCUT2D eigenvalue weighted by Crippen LogP contribution is 2.46. The van der Waals surface area contributed by atoms with Crippen LogP contribution in [-0.2, 0) is 6.42 Å². The Morgan fingerprint density at radius 1 is 0.414 bits per heavy atom. The first kappa shape index (κ1) is 32.4. The molecule has 4 aromatic heterocycles. The SMILES string of the molecule is C1=Cc2c(n(-c3cc(-c4ccc5sc6ccccc6c5c4)c4sc5ccccc5c4c3)c3cccc(-c4ccc5c6ccccc6n(-c6ccccc6)c5c4)c23)CC1. The number of aromatic nitrogens is 2. The highest BCUT2D eigenvalue weighted by molar-refractivity contribution is 7.26. The molecule has 1 aliphatic carbocycles. The van der Waals surface area contributed by atoms with Gasteiger partial charge in [0.2, 0.25) is 0 Å². The molecule has 13 rings (SSSR count). The van der Waals surface area contributed by atoms with Gasteiger partial charge in [-0.2, -0.15) is 0 Å². The second kappa shape index (κ2) is 12.4. The number of fused-ring (bicyclic) bond motifs is 12. The number of thiophene rings is 2. The standard InChI is InChI=1S/C54H34N2S2/c1-2-13-35(14-3-1)55-46-20-8-4-15-38(46)39-27-25-34(30-49(39)55)37-19-12-22-48-53(37)42-18-5-9-21-47(42)56(48)36-31-43(54-45(32-36)41-17-7-11-24-51(41)58-54)33-26-28-52-44(29-33)40-16-6-10-23-50(40)57-52/h1-8,10-20,22-32H,9,21H2. The van der Waals surface area contributed by atoms with Crippen molar-refractivity contribution in [3.63, 3.8) is 0 Å². The largest absolute Gasteiger partial charge is 0.313 e. The highest BCUT2D eigenvalue weighted by atomic mass is 32.1. The topological polar surface area (TPSA) is 9.86 Å². The van der Waals surface area contributed by atoms with Crippen LogP contribution in [-0.4, -0.2) is 9.13 Å². The first-order chi connectivity index (χ1) is 28.8. The third-order valence-corrected chi connectivity index (χ3v) is 14.7. The van der Waals surface area contributed by atoms with Crippen molar-refractivity contribution in [2.45, 2.75) is 12.8 Å². The van der Waals surface area contributed by atoms with E-state index in [1.807, 2.05) is 22.7 Å². The quantitative estimate of drug-likeness (QED) is 0.169. The lowest BCUT2D eigenvalue weighted by Gasteiger charge is -2.16. The molecule has 272 valence electrons. The molecule has 1 aliphatic rings. The van der Waals surface area contributed by atoms with Gasteiger partial charge in [0.05, 0.1) is 16.6 Å². The Kier molecular flexibility index (Phi) is 6.91. The molecule has 0 atom stereocenters. The minimum atomic E-state index is 0.992. The molecule has 0 saturated carbocycles. The van der Waals surface area contributed by atoms with Crippen LogP contribution >= 0.6 is 22.7 Å². The van der Waals surface area contributed by atoms with Gasteiger partial charge >= 0.3 is 0 Å². The zero-order valence-electron chi connectivity index (χ0n) is 31.4. The molecule has 0 fully saturated rings. The lowest BCUT2D eigenvalue weighted by molar-refractivity contribution is 0.889. The molecular weight excluding hydrogens is 741 g/mol. The van der Waals surface area contributed by atoms with E-state index in [9.17, 15) is 0 Å². The van der Waals surface area contributed by atoms with Gasteiger partial charge in [0, 0.05) is 84.7 Å². The predicted molar refractivity (Wildman–Crippen MR) is 252 cm³/mol. The summed E-state index contributed by atoms with van der Waals surface area (Å²) in [5, 5.41) is 9.17. The summed E-state index contributed by atoms with van der Waals surface area (Å²) in [5.74, 6) is 0. The molecule has 0 saturated heterocycles. The number of para-hydroxylation sites is 2. The van der Waals surface area contributed by atoms with E-state index < -0.39 is 0 Å². The summed E-state index contributed by atoms with van der Waals surface area (Å²) in [5.41, 5.74) is 13.9. The van der Waals surface area contributed by atoms with Gasteiger partial charge in [-0.05, 0) is 96.3 Å². The maximum atomic E-state index is 2.59. The van der Waals surface area contributed by atoms with Crippen molar-refractivity contribution in [3.8, 4) is 33.6 Å². The Balaban J connectivity index is 1.07. The molecule has 0 amide bonds. The molecule has 8 aromatic carbocycles. The van der Waals surface area contributed by atoms with E-state index >= 15 is 0 Å². The number of rotatable bonds is 4. The van der Waals surface area contributed by atoms with Crippen molar-refractivity contribution < 1.29 is 0 Å². The zero-order chi connectivity index (χ0) is 37.9. The predicted octanol–water partition coefficient (Wildman–Crippen LogP) is 15.8. The van der Waals surface area contributed by atoms with Crippen molar-refractivity contribution in [1.29, 1.82) is 0 Å². The summed E-state index contributed by atoms with van der Waals surface area (Å²) in [6.45, 7) is 0. The van der Waals surface area contributed by atoms with Crippen LogP contribution in [0.4, 0.5) is 0 Å². The van der Waals surface area contributed by atoms with Gasteiger partial charge in [0.15, 0.2) is 0 Å². The Morgan fingerprint density at radius 2 is 1.10 bits per heavy atom. The molecule has 0 radical (unpaired) electrons. The van der Waals surface area contributed by atoms with Crippen LogP contribution in [0.3, 0.4) is 0 Å². The fourth-order valence-corrected chi connectivity index (χ4v) is 12.2. The summed E-state index contributed by atoms with van der Waals surface area (Å²) in [7, 11) is 0. The molecule has 0 spiro atoms. The van der Waals surface area contributed by atoms with Crippen LogP contribution in [0.2, 0.25) is 0 Å². The maximum absolute atomic E-state index is 2.59. The Bertz CT molecular complexity index is 3680. The Morgan fingerprint density at radius 3 is 1.98 bits per heavy atom. The van der Waals surface area contributed by atoms with Crippen molar-refractivity contribution >= 4 is 102 Å². The second-order valence-electron chi connectivity index (χ2n) is 15.5. The van der Waals surface area contributed by atoms with Gasteiger partial charge in [-0.1, -0.05) is 115 Å².